The van der Waals surface area contributed by atoms with Gasteiger partial charge in [-0.1, -0.05) is 6.92 Å². The van der Waals surface area contributed by atoms with Gasteiger partial charge in [-0.2, -0.15) is 0 Å². The van der Waals surface area contributed by atoms with E-state index >= 15 is 0 Å². The fourth-order valence-electron chi connectivity index (χ4n) is 3.37. The second-order valence-corrected chi connectivity index (χ2v) is 6.13. The van der Waals surface area contributed by atoms with Gasteiger partial charge in [-0.3, -0.25) is 0 Å². The Hall–Kier alpha value is -1.46. The summed E-state index contributed by atoms with van der Waals surface area (Å²) in [5, 5.41) is 0. The number of nitrogens with zero attached hydrogens (tertiary/aromatic N) is 4. The summed E-state index contributed by atoms with van der Waals surface area (Å²) in [5.74, 6) is 1.86. The fourth-order valence-corrected chi connectivity index (χ4v) is 3.37. The van der Waals surface area contributed by atoms with E-state index in [0.29, 0.717) is 5.92 Å². The van der Waals surface area contributed by atoms with Gasteiger partial charge in [0.25, 0.3) is 0 Å². The maximum atomic E-state index is 5.18. The summed E-state index contributed by atoms with van der Waals surface area (Å²) in [7, 11) is 1.75. The first-order valence-corrected chi connectivity index (χ1v) is 8.33. The van der Waals surface area contributed by atoms with E-state index in [-0.39, 0.29) is 0 Å². The van der Waals surface area contributed by atoms with Crippen molar-refractivity contribution < 1.29 is 4.74 Å². The monoisotopic (exact) mass is 302 g/mol. The van der Waals surface area contributed by atoms with E-state index in [9.17, 15) is 0 Å². The first-order chi connectivity index (χ1) is 10.8. The summed E-state index contributed by atoms with van der Waals surface area (Å²) in [6.07, 6.45) is 5.10. The number of pyridine rings is 1. The molecule has 0 bridgehead atoms. The Morgan fingerprint density at radius 3 is 3.09 bits per heavy atom. The SMILES string of the molecule is CCN1CCC(Cn2c(CCCOC)nc3cccnc32)C1. The second-order valence-electron chi connectivity index (χ2n) is 6.13. The maximum Gasteiger partial charge on any atom is 0.159 e. The van der Waals surface area contributed by atoms with Crippen molar-refractivity contribution >= 4 is 11.2 Å². The van der Waals surface area contributed by atoms with Crippen LogP contribution in [-0.4, -0.2) is 52.8 Å². The van der Waals surface area contributed by atoms with E-state index in [2.05, 4.69) is 27.4 Å². The highest BCUT2D eigenvalue weighted by atomic mass is 16.5. The highest BCUT2D eigenvalue weighted by Gasteiger charge is 2.23. The summed E-state index contributed by atoms with van der Waals surface area (Å²) < 4.78 is 7.52. The lowest BCUT2D eigenvalue weighted by Crippen LogP contribution is -2.22. The molecule has 0 aliphatic carbocycles. The maximum absolute atomic E-state index is 5.18. The van der Waals surface area contributed by atoms with Crippen molar-refractivity contribution in [2.75, 3.05) is 33.4 Å². The van der Waals surface area contributed by atoms with Crippen LogP contribution in [0.5, 0.6) is 0 Å². The van der Waals surface area contributed by atoms with E-state index in [1.165, 1.54) is 19.5 Å². The van der Waals surface area contributed by atoms with Crippen LogP contribution in [0.2, 0.25) is 0 Å². The third-order valence-electron chi connectivity index (χ3n) is 4.59. The van der Waals surface area contributed by atoms with Gasteiger partial charge in [0.1, 0.15) is 11.3 Å². The smallest absolute Gasteiger partial charge is 0.159 e. The molecule has 1 aliphatic heterocycles. The van der Waals surface area contributed by atoms with Crippen LogP contribution in [0.4, 0.5) is 0 Å². The number of likely N-dealkylation sites (tertiary alicyclic amines) is 1. The standard InChI is InChI=1S/C17H26N4O/c1-3-20-10-8-14(12-20)13-21-16(7-5-11-22-2)19-15-6-4-9-18-17(15)21/h4,6,9,14H,3,5,7-8,10-13H2,1-2H3. The molecule has 1 fully saturated rings. The predicted molar refractivity (Wildman–Crippen MR) is 87.9 cm³/mol. The molecule has 120 valence electrons. The normalized spacial score (nSPS) is 19.3. The quantitative estimate of drug-likeness (QED) is 0.736. The molecule has 2 aromatic heterocycles. The van der Waals surface area contributed by atoms with Crippen molar-refractivity contribution in [2.24, 2.45) is 5.92 Å². The Balaban J connectivity index is 1.80. The number of ether oxygens (including phenoxy) is 1. The van der Waals surface area contributed by atoms with E-state index in [0.717, 1.165) is 49.5 Å². The number of imidazole rings is 1. The predicted octanol–water partition coefficient (Wildman–Crippen LogP) is 2.35. The lowest BCUT2D eigenvalue weighted by atomic mass is 10.1. The molecule has 3 rings (SSSR count). The van der Waals surface area contributed by atoms with Gasteiger partial charge >= 0.3 is 0 Å². The highest BCUT2D eigenvalue weighted by molar-refractivity contribution is 5.71. The van der Waals surface area contributed by atoms with Gasteiger partial charge in [-0.05, 0) is 44.0 Å². The number of methoxy groups -OCH3 is 1. The van der Waals surface area contributed by atoms with Crippen LogP contribution in [0.15, 0.2) is 18.3 Å². The van der Waals surface area contributed by atoms with Crippen molar-refractivity contribution in [3.8, 4) is 0 Å². The van der Waals surface area contributed by atoms with Crippen molar-refractivity contribution in [3.63, 3.8) is 0 Å². The first-order valence-electron chi connectivity index (χ1n) is 8.33. The molecule has 1 atom stereocenters. The summed E-state index contributed by atoms with van der Waals surface area (Å²) in [4.78, 5) is 11.9. The minimum atomic E-state index is 0.709. The van der Waals surface area contributed by atoms with E-state index < -0.39 is 0 Å². The Labute approximate surface area is 132 Å². The molecule has 0 radical (unpaired) electrons. The number of fused-ring (bicyclic) bond motifs is 1. The first kappa shape index (κ1) is 15.4. The molecular formula is C17H26N4O. The van der Waals surface area contributed by atoms with Gasteiger partial charge in [0.05, 0.1) is 0 Å². The molecule has 0 aromatic carbocycles. The van der Waals surface area contributed by atoms with Gasteiger partial charge in [0.15, 0.2) is 5.65 Å². The molecule has 0 saturated carbocycles. The molecule has 5 nitrogen and oxygen atoms in total. The Morgan fingerprint density at radius 1 is 1.41 bits per heavy atom. The van der Waals surface area contributed by atoms with Crippen molar-refractivity contribution in [1.29, 1.82) is 0 Å². The molecule has 2 aromatic rings. The molecule has 3 heterocycles. The zero-order chi connectivity index (χ0) is 15.4. The Kier molecular flexibility index (Phi) is 5.05. The van der Waals surface area contributed by atoms with Gasteiger partial charge < -0.3 is 14.2 Å². The molecule has 5 heteroatoms. The molecule has 1 aliphatic rings. The second kappa shape index (κ2) is 7.20. The molecular weight excluding hydrogens is 276 g/mol. The van der Waals surface area contributed by atoms with Gasteiger partial charge in [0, 0.05) is 39.4 Å². The number of aromatic nitrogens is 3. The van der Waals surface area contributed by atoms with Crippen LogP contribution in [-0.2, 0) is 17.7 Å². The number of aryl methyl sites for hydroxylation is 1. The fraction of sp³-hybridized carbons (Fsp3) is 0.647. The van der Waals surface area contributed by atoms with E-state index in [1.807, 2.05) is 12.3 Å². The molecule has 1 saturated heterocycles. The average Bonchev–Trinajstić information content (AvgIpc) is 3.13. The summed E-state index contributed by atoms with van der Waals surface area (Å²) >= 11 is 0. The van der Waals surface area contributed by atoms with E-state index in [4.69, 9.17) is 9.72 Å². The number of rotatable bonds is 7. The zero-order valence-electron chi connectivity index (χ0n) is 13.7. The lowest BCUT2D eigenvalue weighted by molar-refractivity contribution is 0.194. The van der Waals surface area contributed by atoms with Crippen molar-refractivity contribution in [3.05, 3.63) is 24.2 Å². The van der Waals surface area contributed by atoms with Crippen molar-refractivity contribution in [2.45, 2.75) is 32.7 Å². The van der Waals surface area contributed by atoms with Crippen molar-refractivity contribution in [1.82, 2.24) is 19.4 Å². The minimum Gasteiger partial charge on any atom is -0.385 e. The summed E-state index contributed by atoms with van der Waals surface area (Å²) in [6.45, 7) is 7.63. The molecule has 0 N–H and O–H groups in total. The third-order valence-corrected chi connectivity index (χ3v) is 4.59. The lowest BCUT2D eigenvalue weighted by Gasteiger charge is -2.15. The van der Waals surface area contributed by atoms with E-state index in [1.54, 1.807) is 7.11 Å². The Morgan fingerprint density at radius 2 is 2.32 bits per heavy atom. The molecule has 0 spiro atoms. The van der Waals surface area contributed by atoms with Gasteiger partial charge in [-0.15, -0.1) is 0 Å². The summed E-state index contributed by atoms with van der Waals surface area (Å²) in [6, 6.07) is 4.03. The topological polar surface area (TPSA) is 43.2 Å². The van der Waals surface area contributed by atoms with Crippen LogP contribution < -0.4 is 0 Å². The van der Waals surface area contributed by atoms with Crippen LogP contribution >= 0.6 is 0 Å². The highest BCUT2D eigenvalue weighted by Crippen LogP contribution is 2.22. The van der Waals surface area contributed by atoms with Crippen LogP contribution in [0, 0.1) is 5.92 Å². The number of hydrogen-bond acceptors (Lipinski definition) is 4. The zero-order valence-corrected chi connectivity index (χ0v) is 13.7. The molecule has 1 unspecified atom stereocenters. The van der Waals surface area contributed by atoms with Crippen LogP contribution in [0.1, 0.15) is 25.6 Å². The summed E-state index contributed by atoms with van der Waals surface area (Å²) in [5.41, 5.74) is 2.05. The molecule has 0 amide bonds. The van der Waals surface area contributed by atoms with Crippen LogP contribution in [0.25, 0.3) is 11.2 Å². The van der Waals surface area contributed by atoms with Gasteiger partial charge in [-0.25, -0.2) is 9.97 Å². The Bertz CT molecular complexity index is 610. The average molecular weight is 302 g/mol. The van der Waals surface area contributed by atoms with Gasteiger partial charge in [0.2, 0.25) is 0 Å². The molecule has 22 heavy (non-hydrogen) atoms. The third kappa shape index (κ3) is 3.31. The van der Waals surface area contributed by atoms with Crippen LogP contribution in [0.3, 0.4) is 0 Å². The largest absolute Gasteiger partial charge is 0.385 e. The number of hydrogen-bond donors (Lipinski definition) is 0. The minimum absolute atomic E-state index is 0.709.